The number of nitrogens with zero attached hydrogens (tertiary/aromatic N) is 3. The molecule has 0 aliphatic rings. The number of aromatic nitrogens is 2. The van der Waals surface area contributed by atoms with Crippen LogP contribution in [-0.2, 0) is 11.3 Å². The molecule has 0 aliphatic carbocycles. The van der Waals surface area contributed by atoms with Crippen LogP contribution in [0.15, 0.2) is 71.3 Å². The van der Waals surface area contributed by atoms with Crippen LogP contribution in [0.25, 0.3) is 28.1 Å². The molecule has 5 heteroatoms. The van der Waals surface area contributed by atoms with Crippen LogP contribution in [0.5, 0.6) is 0 Å². The number of amides is 1. The Hall–Kier alpha value is -3.34. The minimum atomic E-state index is 0.00742. The smallest absolute Gasteiger partial charge is 0.219 e. The van der Waals surface area contributed by atoms with Crippen LogP contribution in [0.2, 0.25) is 0 Å². The fourth-order valence-electron chi connectivity index (χ4n) is 2.91. The van der Waals surface area contributed by atoms with E-state index in [-0.39, 0.29) is 5.91 Å². The summed E-state index contributed by atoms with van der Waals surface area (Å²) in [5.41, 5.74) is 3.47. The Labute approximate surface area is 151 Å². The number of hydrogen-bond donors (Lipinski definition) is 0. The third kappa shape index (κ3) is 2.99. The number of para-hydroxylation sites is 2. The fraction of sp³-hybridized carbons (Fsp3) is 0.143. The number of fused-ring (bicyclic) bond motifs is 1. The molecule has 2 heterocycles. The molecule has 2 aromatic heterocycles. The topological polar surface area (TPSA) is 51.3 Å². The molecular weight excluding hydrogens is 326 g/mol. The molecule has 2 aromatic carbocycles. The molecule has 0 fully saturated rings. The van der Waals surface area contributed by atoms with E-state index in [1.165, 1.54) is 0 Å². The van der Waals surface area contributed by atoms with Crippen molar-refractivity contribution in [2.24, 2.45) is 0 Å². The summed E-state index contributed by atoms with van der Waals surface area (Å²) in [5.74, 6) is 0.709. The van der Waals surface area contributed by atoms with Crippen molar-refractivity contribution in [1.29, 1.82) is 0 Å². The predicted octanol–water partition coefficient (Wildman–Crippen LogP) is 4.26. The molecule has 0 bridgehead atoms. The second-order valence-corrected chi connectivity index (χ2v) is 6.31. The van der Waals surface area contributed by atoms with Crippen molar-refractivity contribution in [1.82, 2.24) is 14.7 Å². The van der Waals surface area contributed by atoms with Crippen molar-refractivity contribution < 1.29 is 9.21 Å². The molecular formula is C21H19N3O2. The molecule has 4 rings (SSSR count). The minimum Gasteiger partial charge on any atom is -0.454 e. The Morgan fingerprint density at radius 1 is 1.12 bits per heavy atom. The van der Waals surface area contributed by atoms with Crippen LogP contribution in [0.4, 0.5) is 0 Å². The third-order valence-electron chi connectivity index (χ3n) is 4.41. The van der Waals surface area contributed by atoms with Gasteiger partial charge in [-0.25, -0.2) is 4.68 Å². The summed E-state index contributed by atoms with van der Waals surface area (Å²) in [7, 11) is 1.78. The number of rotatable bonds is 4. The Bertz CT molecular complexity index is 1030. The van der Waals surface area contributed by atoms with Gasteiger partial charge in [-0.15, -0.1) is 0 Å². The average molecular weight is 345 g/mol. The lowest BCUT2D eigenvalue weighted by atomic mass is 10.2. The highest BCUT2D eigenvalue weighted by Gasteiger charge is 2.18. The van der Waals surface area contributed by atoms with E-state index in [1.54, 1.807) is 18.9 Å². The molecule has 0 N–H and O–H groups in total. The van der Waals surface area contributed by atoms with Crippen LogP contribution in [0, 0.1) is 0 Å². The molecule has 130 valence electrons. The zero-order valence-electron chi connectivity index (χ0n) is 14.7. The molecule has 0 aliphatic heterocycles. The van der Waals surface area contributed by atoms with Crippen LogP contribution in [0.3, 0.4) is 0 Å². The number of hydrogen-bond acceptors (Lipinski definition) is 3. The van der Waals surface area contributed by atoms with Gasteiger partial charge >= 0.3 is 0 Å². The summed E-state index contributed by atoms with van der Waals surface area (Å²) in [6.45, 7) is 2.02. The lowest BCUT2D eigenvalue weighted by Crippen LogP contribution is -2.23. The van der Waals surface area contributed by atoms with Crippen molar-refractivity contribution in [2.45, 2.75) is 13.5 Å². The standard InChI is InChI=1S/C21H19N3O2/c1-15(25)23(2)13-17-14-24(18-9-4-3-5-10-18)22-21(17)20-12-16-8-6-7-11-19(16)26-20/h3-12,14H,13H2,1-2H3. The van der Waals surface area contributed by atoms with Crippen LogP contribution in [0.1, 0.15) is 12.5 Å². The van der Waals surface area contributed by atoms with Crippen LogP contribution >= 0.6 is 0 Å². The largest absolute Gasteiger partial charge is 0.454 e. The van der Waals surface area contributed by atoms with E-state index >= 15 is 0 Å². The van der Waals surface area contributed by atoms with Crippen molar-refractivity contribution in [3.63, 3.8) is 0 Å². The maximum atomic E-state index is 11.7. The Balaban J connectivity index is 1.83. The molecule has 1 amide bonds. The zero-order valence-corrected chi connectivity index (χ0v) is 14.7. The summed E-state index contributed by atoms with van der Waals surface area (Å²) in [6.07, 6.45) is 1.96. The molecule has 0 spiro atoms. The molecule has 5 nitrogen and oxygen atoms in total. The maximum Gasteiger partial charge on any atom is 0.219 e. The number of carbonyl (C=O) groups excluding carboxylic acids is 1. The first-order valence-corrected chi connectivity index (χ1v) is 8.46. The van der Waals surface area contributed by atoms with Gasteiger partial charge in [-0.1, -0.05) is 36.4 Å². The Morgan fingerprint density at radius 3 is 2.58 bits per heavy atom. The quantitative estimate of drug-likeness (QED) is 0.555. The van der Waals surface area contributed by atoms with Crippen molar-refractivity contribution in [3.8, 4) is 17.1 Å². The summed E-state index contributed by atoms with van der Waals surface area (Å²) in [5, 5.41) is 5.77. The molecule has 0 saturated carbocycles. The van der Waals surface area contributed by atoms with E-state index in [2.05, 4.69) is 0 Å². The lowest BCUT2D eigenvalue weighted by molar-refractivity contribution is -0.128. The highest BCUT2D eigenvalue weighted by atomic mass is 16.3. The van der Waals surface area contributed by atoms with E-state index < -0.39 is 0 Å². The summed E-state index contributed by atoms with van der Waals surface area (Å²) >= 11 is 0. The third-order valence-corrected chi connectivity index (χ3v) is 4.41. The SMILES string of the molecule is CC(=O)N(C)Cc1cn(-c2ccccc2)nc1-c1cc2ccccc2o1. The molecule has 0 unspecified atom stereocenters. The normalized spacial score (nSPS) is 11.0. The van der Waals surface area contributed by atoms with E-state index in [0.29, 0.717) is 12.3 Å². The molecule has 26 heavy (non-hydrogen) atoms. The zero-order chi connectivity index (χ0) is 18.1. The lowest BCUT2D eigenvalue weighted by Gasteiger charge is -2.13. The van der Waals surface area contributed by atoms with Gasteiger partial charge in [-0.3, -0.25) is 4.79 Å². The van der Waals surface area contributed by atoms with Gasteiger partial charge in [-0.05, 0) is 24.3 Å². The van der Waals surface area contributed by atoms with Crippen molar-refractivity contribution >= 4 is 16.9 Å². The van der Waals surface area contributed by atoms with Gasteiger partial charge in [0.25, 0.3) is 0 Å². The van der Waals surface area contributed by atoms with Gasteiger partial charge in [0.05, 0.1) is 5.69 Å². The van der Waals surface area contributed by atoms with Crippen LogP contribution in [-0.4, -0.2) is 27.6 Å². The predicted molar refractivity (Wildman–Crippen MR) is 101 cm³/mol. The number of furan rings is 1. The average Bonchev–Trinajstić information content (AvgIpc) is 3.26. The fourth-order valence-corrected chi connectivity index (χ4v) is 2.91. The first kappa shape index (κ1) is 16.1. The van der Waals surface area contributed by atoms with E-state index in [1.807, 2.05) is 71.5 Å². The second-order valence-electron chi connectivity index (χ2n) is 6.31. The molecule has 0 atom stereocenters. The number of carbonyl (C=O) groups is 1. The monoisotopic (exact) mass is 345 g/mol. The van der Waals surface area contributed by atoms with Gasteiger partial charge in [-0.2, -0.15) is 5.10 Å². The van der Waals surface area contributed by atoms with Gasteiger partial charge in [0.15, 0.2) is 5.76 Å². The van der Waals surface area contributed by atoms with Gasteiger partial charge < -0.3 is 9.32 Å². The summed E-state index contributed by atoms with van der Waals surface area (Å²) in [6, 6.07) is 19.8. The maximum absolute atomic E-state index is 11.7. The minimum absolute atomic E-state index is 0.00742. The van der Waals surface area contributed by atoms with E-state index in [0.717, 1.165) is 27.9 Å². The molecule has 0 radical (unpaired) electrons. The van der Waals surface area contributed by atoms with Crippen LogP contribution < -0.4 is 0 Å². The van der Waals surface area contributed by atoms with Gasteiger partial charge in [0.2, 0.25) is 5.91 Å². The highest BCUT2D eigenvalue weighted by Crippen LogP contribution is 2.30. The summed E-state index contributed by atoms with van der Waals surface area (Å²) in [4.78, 5) is 13.4. The van der Waals surface area contributed by atoms with E-state index in [9.17, 15) is 4.79 Å². The van der Waals surface area contributed by atoms with E-state index in [4.69, 9.17) is 9.52 Å². The first-order valence-electron chi connectivity index (χ1n) is 8.46. The Morgan fingerprint density at radius 2 is 1.85 bits per heavy atom. The number of benzene rings is 2. The van der Waals surface area contributed by atoms with Gasteiger partial charge in [0.1, 0.15) is 11.3 Å². The highest BCUT2D eigenvalue weighted by molar-refractivity contribution is 5.82. The Kier molecular flexibility index (Phi) is 4.05. The van der Waals surface area contributed by atoms with Crippen molar-refractivity contribution in [3.05, 3.63) is 72.4 Å². The van der Waals surface area contributed by atoms with Gasteiger partial charge in [0, 0.05) is 37.7 Å². The summed E-state index contributed by atoms with van der Waals surface area (Å²) < 4.78 is 7.83. The van der Waals surface area contributed by atoms with Crippen molar-refractivity contribution in [2.75, 3.05) is 7.05 Å². The molecule has 4 aromatic rings. The molecule has 0 saturated heterocycles. The first-order chi connectivity index (χ1) is 12.6. The second kappa shape index (κ2) is 6.52.